The SMILES string of the molecule is CC(C)NCc1cc(-c2ccc(C(C)C)cc2)ccc1Cl. The molecule has 2 rings (SSSR count). The lowest BCUT2D eigenvalue weighted by molar-refractivity contribution is 0.589. The molecule has 0 atom stereocenters. The van der Waals surface area contributed by atoms with Crippen molar-refractivity contribution in [2.24, 2.45) is 0 Å². The van der Waals surface area contributed by atoms with Crippen molar-refractivity contribution >= 4 is 11.6 Å². The van der Waals surface area contributed by atoms with Gasteiger partial charge in [-0.05, 0) is 40.3 Å². The van der Waals surface area contributed by atoms with Crippen LogP contribution in [0, 0.1) is 0 Å². The van der Waals surface area contributed by atoms with E-state index in [-0.39, 0.29) is 0 Å². The highest BCUT2D eigenvalue weighted by Gasteiger charge is 2.06. The maximum atomic E-state index is 6.29. The van der Waals surface area contributed by atoms with E-state index >= 15 is 0 Å². The van der Waals surface area contributed by atoms with Gasteiger partial charge in [0.15, 0.2) is 0 Å². The lowest BCUT2D eigenvalue weighted by Crippen LogP contribution is -2.21. The van der Waals surface area contributed by atoms with Crippen molar-refractivity contribution in [2.45, 2.75) is 46.2 Å². The van der Waals surface area contributed by atoms with Crippen LogP contribution >= 0.6 is 11.6 Å². The Morgan fingerprint density at radius 2 is 1.52 bits per heavy atom. The molecule has 0 saturated carbocycles. The molecule has 0 fully saturated rings. The van der Waals surface area contributed by atoms with Gasteiger partial charge in [0.25, 0.3) is 0 Å². The molecular weight excluding hydrogens is 278 g/mol. The number of nitrogens with one attached hydrogen (secondary N) is 1. The lowest BCUT2D eigenvalue weighted by Gasteiger charge is -2.12. The summed E-state index contributed by atoms with van der Waals surface area (Å²) in [7, 11) is 0. The standard InChI is InChI=1S/C19H24ClN/c1-13(2)15-5-7-16(8-6-15)17-9-10-19(20)18(11-17)12-21-14(3)4/h5-11,13-14,21H,12H2,1-4H3. The number of benzene rings is 2. The summed E-state index contributed by atoms with van der Waals surface area (Å²) in [6.07, 6.45) is 0. The Hall–Kier alpha value is -1.31. The molecule has 0 radical (unpaired) electrons. The van der Waals surface area contributed by atoms with E-state index in [9.17, 15) is 0 Å². The summed E-state index contributed by atoms with van der Waals surface area (Å²) in [5.74, 6) is 0.565. The van der Waals surface area contributed by atoms with Gasteiger partial charge in [0.05, 0.1) is 0 Å². The summed E-state index contributed by atoms with van der Waals surface area (Å²) < 4.78 is 0. The van der Waals surface area contributed by atoms with E-state index in [0.29, 0.717) is 12.0 Å². The second-order valence-electron chi connectivity index (χ2n) is 6.12. The first kappa shape index (κ1) is 16.1. The van der Waals surface area contributed by atoms with Crippen molar-refractivity contribution in [1.82, 2.24) is 5.32 Å². The highest BCUT2D eigenvalue weighted by molar-refractivity contribution is 6.31. The number of rotatable bonds is 5. The van der Waals surface area contributed by atoms with E-state index in [4.69, 9.17) is 11.6 Å². The highest BCUT2D eigenvalue weighted by Crippen LogP contribution is 2.26. The van der Waals surface area contributed by atoms with Crippen LogP contribution in [0.5, 0.6) is 0 Å². The van der Waals surface area contributed by atoms with Crippen LogP contribution in [0.2, 0.25) is 5.02 Å². The first-order chi connectivity index (χ1) is 9.97. The van der Waals surface area contributed by atoms with Gasteiger partial charge in [-0.1, -0.05) is 69.6 Å². The normalized spacial score (nSPS) is 11.4. The fourth-order valence-electron chi connectivity index (χ4n) is 2.26. The van der Waals surface area contributed by atoms with Crippen molar-refractivity contribution in [2.75, 3.05) is 0 Å². The Bertz CT molecular complexity index is 585. The van der Waals surface area contributed by atoms with E-state index in [1.807, 2.05) is 6.07 Å². The molecule has 0 unspecified atom stereocenters. The second-order valence-corrected chi connectivity index (χ2v) is 6.53. The van der Waals surface area contributed by atoms with E-state index in [1.54, 1.807) is 0 Å². The fraction of sp³-hybridized carbons (Fsp3) is 0.368. The van der Waals surface area contributed by atoms with Crippen LogP contribution in [0.15, 0.2) is 42.5 Å². The van der Waals surface area contributed by atoms with Gasteiger partial charge in [-0.2, -0.15) is 0 Å². The van der Waals surface area contributed by atoms with Crippen LogP contribution in [0.25, 0.3) is 11.1 Å². The van der Waals surface area contributed by atoms with Crippen molar-refractivity contribution in [1.29, 1.82) is 0 Å². The van der Waals surface area contributed by atoms with Crippen molar-refractivity contribution in [3.05, 3.63) is 58.6 Å². The van der Waals surface area contributed by atoms with Crippen molar-refractivity contribution < 1.29 is 0 Å². The smallest absolute Gasteiger partial charge is 0.0451 e. The fourth-order valence-corrected chi connectivity index (χ4v) is 2.45. The van der Waals surface area contributed by atoms with E-state index in [2.05, 4.69) is 69.4 Å². The molecular formula is C19H24ClN. The van der Waals surface area contributed by atoms with Crippen LogP contribution in [-0.4, -0.2) is 6.04 Å². The van der Waals surface area contributed by atoms with Gasteiger partial charge < -0.3 is 5.32 Å². The third-order valence-corrected chi connectivity index (χ3v) is 4.03. The molecule has 2 heteroatoms. The Balaban J connectivity index is 2.25. The minimum absolute atomic E-state index is 0.454. The first-order valence-electron chi connectivity index (χ1n) is 7.59. The summed E-state index contributed by atoms with van der Waals surface area (Å²) >= 11 is 6.29. The molecule has 1 nitrogen and oxygen atoms in total. The number of hydrogen-bond acceptors (Lipinski definition) is 1. The molecule has 0 spiro atoms. The van der Waals surface area contributed by atoms with Gasteiger partial charge in [-0.15, -0.1) is 0 Å². The topological polar surface area (TPSA) is 12.0 Å². The van der Waals surface area contributed by atoms with Gasteiger partial charge in [0.1, 0.15) is 0 Å². The maximum absolute atomic E-state index is 6.29. The van der Waals surface area contributed by atoms with Crippen molar-refractivity contribution in [3.8, 4) is 11.1 Å². The Kier molecular flexibility index (Phi) is 5.44. The maximum Gasteiger partial charge on any atom is 0.0451 e. The van der Waals surface area contributed by atoms with Gasteiger partial charge >= 0.3 is 0 Å². The number of hydrogen-bond donors (Lipinski definition) is 1. The summed E-state index contributed by atoms with van der Waals surface area (Å²) in [4.78, 5) is 0. The molecule has 2 aromatic carbocycles. The van der Waals surface area contributed by atoms with Gasteiger partial charge in [0, 0.05) is 17.6 Å². The molecule has 1 N–H and O–H groups in total. The Morgan fingerprint density at radius 1 is 0.905 bits per heavy atom. The Morgan fingerprint density at radius 3 is 2.10 bits per heavy atom. The monoisotopic (exact) mass is 301 g/mol. The zero-order valence-electron chi connectivity index (χ0n) is 13.3. The lowest BCUT2D eigenvalue weighted by atomic mass is 9.98. The van der Waals surface area contributed by atoms with Gasteiger partial charge in [-0.25, -0.2) is 0 Å². The molecule has 0 bridgehead atoms. The highest BCUT2D eigenvalue weighted by atomic mass is 35.5. The quantitative estimate of drug-likeness (QED) is 0.755. The number of halogens is 1. The van der Waals surface area contributed by atoms with E-state index < -0.39 is 0 Å². The molecule has 0 saturated heterocycles. The van der Waals surface area contributed by atoms with Crippen LogP contribution in [0.3, 0.4) is 0 Å². The van der Waals surface area contributed by atoms with Gasteiger partial charge in [-0.3, -0.25) is 0 Å². The molecule has 0 aliphatic rings. The predicted molar refractivity (Wildman–Crippen MR) is 93.0 cm³/mol. The summed E-state index contributed by atoms with van der Waals surface area (Å²) in [5.41, 5.74) is 4.97. The summed E-state index contributed by atoms with van der Waals surface area (Å²) in [6, 6.07) is 15.5. The molecule has 0 amide bonds. The largest absolute Gasteiger partial charge is 0.310 e. The average Bonchev–Trinajstić information content (AvgIpc) is 2.46. The zero-order chi connectivity index (χ0) is 15.4. The summed E-state index contributed by atoms with van der Waals surface area (Å²) in [6.45, 7) is 9.51. The first-order valence-corrected chi connectivity index (χ1v) is 7.97. The molecule has 0 aliphatic carbocycles. The third-order valence-electron chi connectivity index (χ3n) is 3.66. The minimum atomic E-state index is 0.454. The van der Waals surface area contributed by atoms with Crippen molar-refractivity contribution in [3.63, 3.8) is 0 Å². The molecule has 0 aromatic heterocycles. The second kappa shape index (κ2) is 7.11. The van der Waals surface area contributed by atoms with Gasteiger partial charge in [0.2, 0.25) is 0 Å². The van der Waals surface area contributed by atoms with Crippen LogP contribution in [-0.2, 0) is 6.54 Å². The zero-order valence-corrected chi connectivity index (χ0v) is 14.0. The predicted octanol–water partition coefficient (Wildman–Crippen LogP) is 5.63. The van der Waals surface area contributed by atoms with E-state index in [0.717, 1.165) is 17.1 Å². The van der Waals surface area contributed by atoms with Crippen LogP contribution < -0.4 is 5.32 Å². The molecule has 2 aromatic rings. The van der Waals surface area contributed by atoms with Crippen LogP contribution in [0.4, 0.5) is 0 Å². The summed E-state index contributed by atoms with van der Waals surface area (Å²) in [5, 5.41) is 4.25. The molecule has 112 valence electrons. The minimum Gasteiger partial charge on any atom is -0.310 e. The molecule has 21 heavy (non-hydrogen) atoms. The Labute approximate surface area is 133 Å². The third kappa shape index (κ3) is 4.33. The van der Waals surface area contributed by atoms with E-state index in [1.165, 1.54) is 16.7 Å². The average molecular weight is 302 g/mol. The molecule has 0 heterocycles. The molecule has 0 aliphatic heterocycles. The van der Waals surface area contributed by atoms with Crippen LogP contribution in [0.1, 0.15) is 44.7 Å².